The third-order valence-electron chi connectivity index (χ3n) is 9.42. The van der Waals surface area contributed by atoms with Crippen LogP contribution in [0.25, 0.3) is 0 Å². The van der Waals surface area contributed by atoms with Gasteiger partial charge in [-0.2, -0.15) is 0 Å². The molecule has 0 N–H and O–H groups in total. The maximum Gasteiger partial charge on any atom is 0.338 e. The summed E-state index contributed by atoms with van der Waals surface area (Å²) >= 11 is 0. The van der Waals surface area contributed by atoms with Crippen LogP contribution in [0.4, 0.5) is 0 Å². The quantitative estimate of drug-likeness (QED) is 0.270. The van der Waals surface area contributed by atoms with E-state index in [9.17, 15) is 33.6 Å². The third-order valence-corrected chi connectivity index (χ3v) is 9.42. The minimum atomic E-state index is -2.17. The molecule has 1 aromatic rings. The number of rotatable bonds is 9. The number of hydrogen-bond acceptors (Lipinski definition) is 15. The molecule has 1 heterocycles. The molecule has 1 aliphatic heterocycles. The van der Waals surface area contributed by atoms with Crippen LogP contribution < -0.4 is 0 Å². The number of hydrogen-bond donors (Lipinski definition) is 0. The Morgan fingerprint density at radius 3 is 1.57 bits per heavy atom. The SMILES string of the molecule is CC(=O)OC[C@]12[C@H](OC(C)=O)[C@H](OC(=O)c3ccccc3)[C@@H]3[C@@H](OC(C)=O)[C@]1(OC3(C)C)[C@H](C)[C@@H](OC(C)=O)[C@H](OC(C)=O)[C@@H]2OC(C)=O. The summed E-state index contributed by atoms with van der Waals surface area (Å²) < 4.78 is 48.3. The minimum absolute atomic E-state index is 0.122. The molecule has 49 heavy (non-hydrogen) atoms. The second-order valence-electron chi connectivity index (χ2n) is 13.1. The lowest BCUT2D eigenvalue weighted by Gasteiger charge is -2.65. The molecule has 0 amide bonds. The fraction of sp³-hybridized carbons (Fsp3) is 0.618. The molecule has 4 rings (SSSR count). The van der Waals surface area contributed by atoms with E-state index >= 15 is 0 Å². The molecule has 1 aromatic carbocycles. The van der Waals surface area contributed by atoms with E-state index in [0.717, 1.165) is 41.5 Å². The Morgan fingerprint density at radius 2 is 1.08 bits per heavy atom. The van der Waals surface area contributed by atoms with E-state index in [-0.39, 0.29) is 5.56 Å². The van der Waals surface area contributed by atoms with Gasteiger partial charge in [-0.1, -0.05) is 25.1 Å². The van der Waals surface area contributed by atoms with Gasteiger partial charge in [-0.3, -0.25) is 28.8 Å². The van der Waals surface area contributed by atoms with Gasteiger partial charge in [0.05, 0.1) is 17.1 Å². The molecule has 15 heteroatoms. The predicted molar refractivity (Wildman–Crippen MR) is 163 cm³/mol. The summed E-state index contributed by atoms with van der Waals surface area (Å²) in [6, 6.07) is 7.90. The number of esters is 7. The van der Waals surface area contributed by atoms with E-state index in [1.807, 2.05) is 0 Å². The van der Waals surface area contributed by atoms with Gasteiger partial charge in [0.15, 0.2) is 18.3 Å². The first-order valence-corrected chi connectivity index (χ1v) is 15.8. The zero-order chi connectivity index (χ0) is 36.6. The average Bonchev–Trinajstić information content (AvgIpc) is 3.17. The van der Waals surface area contributed by atoms with Crippen LogP contribution in [0.5, 0.6) is 0 Å². The lowest BCUT2D eigenvalue weighted by Crippen LogP contribution is -2.84. The largest absolute Gasteiger partial charge is 0.465 e. The molecule has 0 unspecified atom stereocenters. The zero-order valence-electron chi connectivity index (χ0n) is 28.8. The first-order chi connectivity index (χ1) is 22.8. The van der Waals surface area contributed by atoms with Gasteiger partial charge in [-0.15, -0.1) is 0 Å². The molecule has 0 radical (unpaired) electrons. The predicted octanol–water partition coefficient (Wildman–Crippen LogP) is 2.25. The molecule has 0 aromatic heterocycles. The maximum absolute atomic E-state index is 13.8. The van der Waals surface area contributed by atoms with Gasteiger partial charge >= 0.3 is 41.8 Å². The lowest BCUT2D eigenvalue weighted by molar-refractivity contribution is -0.347. The summed E-state index contributed by atoms with van der Waals surface area (Å²) in [6.45, 7) is 10.6. The topological polar surface area (TPSA) is 193 Å². The van der Waals surface area contributed by atoms with Gasteiger partial charge < -0.3 is 37.9 Å². The van der Waals surface area contributed by atoms with E-state index < -0.39 is 113 Å². The molecule has 15 nitrogen and oxygen atoms in total. The third kappa shape index (κ3) is 6.59. The molecule has 3 aliphatic rings. The van der Waals surface area contributed by atoms with E-state index in [4.69, 9.17) is 37.9 Å². The summed E-state index contributed by atoms with van der Waals surface area (Å²) in [5.74, 6) is -8.21. The summed E-state index contributed by atoms with van der Waals surface area (Å²) in [6.07, 6.45) is -9.49. The van der Waals surface area contributed by atoms with Crippen LogP contribution in [0.15, 0.2) is 30.3 Å². The second-order valence-corrected chi connectivity index (χ2v) is 13.1. The molecule has 2 aliphatic carbocycles. The van der Waals surface area contributed by atoms with Gasteiger partial charge in [-0.25, -0.2) is 4.79 Å². The maximum atomic E-state index is 13.8. The molecule has 1 spiro atoms. The highest BCUT2D eigenvalue weighted by molar-refractivity contribution is 5.89. The van der Waals surface area contributed by atoms with Crippen LogP contribution in [0, 0.1) is 17.3 Å². The number of fused-ring (bicyclic) bond motifs is 1. The Morgan fingerprint density at radius 1 is 0.612 bits per heavy atom. The minimum Gasteiger partial charge on any atom is -0.465 e. The number of carbonyl (C=O) groups excluding carboxylic acids is 7. The number of ether oxygens (including phenoxy) is 8. The van der Waals surface area contributed by atoms with Crippen molar-refractivity contribution in [2.45, 2.75) is 110 Å². The lowest BCUT2D eigenvalue weighted by atomic mass is 9.46. The normalized spacial score (nSPS) is 33.9. The van der Waals surface area contributed by atoms with Gasteiger partial charge in [-0.05, 0) is 26.0 Å². The van der Waals surface area contributed by atoms with Crippen molar-refractivity contribution in [3.8, 4) is 0 Å². The van der Waals surface area contributed by atoms with E-state index in [1.54, 1.807) is 39.0 Å². The van der Waals surface area contributed by atoms with Crippen molar-refractivity contribution in [2.75, 3.05) is 6.61 Å². The van der Waals surface area contributed by atoms with Crippen molar-refractivity contribution in [3.63, 3.8) is 0 Å². The first kappa shape index (κ1) is 37.3. The molecular weight excluding hydrogens is 648 g/mol. The van der Waals surface area contributed by atoms with Crippen molar-refractivity contribution >= 4 is 41.8 Å². The molecule has 2 saturated carbocycles. The van der Waals surface area contributed by atoms with Crippen LogP contribution >= 0.6 is 0 Å². The summed E-state index contributed by atoms with van der Waals surface area (Å²) in [7, 11) is 0. The van der Waals surface area contributed by atoms with Gasteiger partial charge in [0.2, 0.25) is 0 Å². The molecule has 2 bridgehead atoms. The van der Waals surface area contributed by atoms with Crippen molar-refractivity contribution in [1.29, 1.82) is 0 Å². The Labute approximate surface area is 283 Å². The van der Waals surface area contributed by atoms with Gasteiger partial charge in [0.25, 0.3) is 0 Å². The second kappa shape index (κ2) is 13.8. The average molecular weight is 691 g/mol. The Bertz CT molecular complexity index is 1500. The van der Waals surface area contributed by atoms with Crippen LogP contribution in [-0.2, 0) is 66.7 Å². The Balaban J connectivity index is 2.18. The number of carbonyl (C=O) groups is 7. The van der Waals surface area contributed by atoms with Crippen molar-refractivity contribution < 1.29 is 71.5 Å². The van der Waals surface area contributed by atoms with Crippen LogP contribution in [0.2, 0.25) is 0 Å². The monoisotopic (exact) mass is 690 g/mol. The fourth-order valence-electron chi connectivity index (χ4n) is 8.10. The van der Waals surface area contributed by atoms with E-state index in [2.05, 4.69) is 0 Å². The number of benzene rings is 1. The first-order valence-electron chi connectivity index (χ1n) is 15.8. The molecular formula is C34H42O15. The van der Waals surface area contributed by atoms with Crippen molar-refractivity contribution in [1.82, 2.24) is 0 Å². The van der Waals surface area contributed by atoms with Crippen LogP contribution in [0.3, 0.4) is 0 Å². The summed E-state index contributed by atoms with van der Waals surface area (Å²) in [4.78, 5) is 90.6. The van der Waals surface area contributed by atoms with Gasteiger partial charge in [0.1, 0.15) is 35.9 Å². The summed E-state index contributed by atoms with van der Waals surface area (Å²) in [5.41, 5.74) is -5.45. The highest BCUT2D eigenvalue weighted by Gasteiger charge is 2.87. The molecule has 1 saturated heterocycles. The van der Waals surface area contributed by atoms with Crippen molar-refractivity contribution in [2.24, 2.45) is 17.3 Å². The summed E-state index contributed by atoms with van der Waals surface area (Å²) in [5, 5.41) is 0. The fourth-order valence-corrected chi connectivity index (χ4v) is 8.10. The van der Waals surface area contributed by atoms with Gasteiger partial charge in [0, 0.05) is 47.5 Å². The van der Waals surface area contributed by atoms with Crippen LogP contribution in [0.1, 0.15) is 72.7 Å². The van der Waals surface area contributed by atoms with Crippen molar-refractivity contribution in [3.05, 3.63) is 35.9 Å². The van der Waals surface area contributed by atoms with Crippen LogP contribution in [-0.4, -0.2) is 96.2 Å². The Kier molecular flexibility index (Phi) is 10.5. The molecule has 10 atom stereocenters. The zero-order valence-corrected chi connectivity index (χ0v) is 28.8. The highest BCUT2D eigenvalue weighted by Crippen LogP contribution is 2.69. The van der Waals surface area contributed by atoms with E-state index in [0.29, 0.717) is 0 Å². The standard InChI is InChI=1S/C34H42O15/c1-16-25(43-18(3)36)27(44-19(4)37)30(47-22(7)40)33(15-42-17(2)35)29(46-21(6)39)26(48-31(41)23-13-11-10-12-14-23)24-28(45-20(5)38)34(16,33)49-32(24,8)9/h10-14,16,24-30H,15H2,1-9H3/t16-,24-,25-,26-,27+,28-,29-,30+,33-,34-/m1/s1. The van der Waals surface area contributed by atoms with E-state index in [1.165, 1.54) is 12.1 Å². The molecule has 268 valence electrons. The molecule has 3 fully saturated rings. The Hall–Kier alpha value is -4.53. The highest BCUT2D eigenvalue weighted by atomic mass is 16.7. The smallest absolute Gasteiger partial charge is 0.338 e.